The van der Waals surface area contributed by atoms with E-state index in [1.165, 1.54) is 56.6 Å². The Kier molecular flexibility index (Phi) is 7.46. The van der Waals surface area contributed by atoms with Gasteiger partial charge in [-0.2, -0.15) is 8.78 Å². The predicted molar refractivity (Wildman–Crippen MR) is 104 cm³/mol. The van der Waals surface area contributed by atoms with Crippen LogP contribution < -0.4 is 10.1 Å². The van der Waals surface area contributed by atoms with Crippen LogP contribution in [0.5, 0.6) is 5.75 Å². The van der Waals surface area contributed by atoms with Gasteiger partial charge in [-0.25, -0.2) is 17.5 Å². The maximum atomic E-state index is 12.4. The first-order valence-corrected chi connectivity index (χ1v) is 10.0. The quantitative estimate of drug-likeness (QED) is 0.631. The molecule has 8 nitrogen and oxygen atoms in total. The molecule has 0 atom stereocenters. The number of halogens is 2. The van der Waals surface area contributed by atoms with Gasteiger partial charge in [0.15, 0.2) is 6.61 Å². The van der Waals surface area contributed by atoms with E-state index in [1.54, 1.807) is 6.92 Å². The molecule has 0 fully saturated rings. The standard InChI is InChI=1S/C19H20F2N2O6S/c1-12-8-9-13(30(26,27)23(2)3)10-15(12)22-17(24)11-28-18(25)14-6-4-5-7-16(14)29-19(20)21/h4-10,19H,11H2,1-3H3,(H,22,24). The molecule has 0 aliphatic rings. The van der Waals surface area contributed by atoms with Crippen LogP contribution in [0.15, 0.2) is 47.4 Å². The molecule has 0 unspecified atom stereocenters. The first-order valence-electron chi connectivity index (χ1n) is 8.56. The molecule has 0 aliphatic carbocycles. The molecule has 11 heteroatoms. The second kappa shape index (κ2) is 9.63. The Labute approximate surface area is 172 Å². The number of aryl methyl sites for hydroxylation is 1. The summed E-state index contributed by atoms with van der Waals surface area (Å²) in [5.41, 5.74) is 0.546. The van der Waals surface area contributed by atoms with Crippen molar-refractivity contribution in [2.24, 2.45) is 0 Å². The van der Waals surface area contributed by atoms with Crippen molar-refractivity contribution in [2.45, 2.75) is 18.4 Å². The number of alkyl halides is 2. The van der Waals surface area contributed by atoms with Gasteiger partial charge in [-0.05, 0) is 36.8 Å². The predicted octanol–water partition coefficient (Wildman–Crippen LogP) is 2.64. The lowest BCUT2D eigenvalue weighted by Gasteiger charge is -2.14. The van der Waals surface area contributed by atoms with Crippen molar-refractivity contribution in [1.82, 2.24) is 4.31 Å². The number of rotatable bonds is 8. The van der Waals surface area contributed by atoms with Gasteiger partial charge in [0.1, 0.15) is 11.3 Å². The van der Waals surface area contributed by atoms with Crippen molar-refractivity contribution in [2.75, 3.05) is 26.0 Å². The molecule has 0 aromatic heterocycles. The minimum atomic E-state index is -3.71. The summed E-state index contributed by atoms with van der Waals surface area (Å²) in [5.74, 6) is -2.14. The number of amides is 1. The Balaban J connectivity index is 2.08. The third kappa shape index (κ3) is 5.74. The van der Waals surface area contributed by atoms with Gasteiger partial charge in [-0.15, -0.1) is 0 Å². The van der Waals surface area contributed by atoms with Crippen LogP contribution in [0.2, 0.25) is 0 Å². The fraction of sp³-hybridized carbons (Fsp3) is 0.263. The number of hydrogen-bond donors (Lipinski definition) is 1. The second-order valence-corrected chi connectivity index (χ2v) is 8.41. The van der Waals surface area contributed by atoms with E-state index in [4.69, 9.17) is 4.74 Å². The van der Waals surface area contributed by atoms with Gasteiger partial charge in [0.2, 0.25) is 10.0 Å². The molecule has 2 aromatic rings. The zero-order chi connectivity index (χ0) is 22.5. The van der Waals surface area contributed by atoms with E-state index in [1.807, 2.05) is 0 Å². The molecule has 0 bridgehead atoms. The summed E-state index contributed by atoms with van der Waals surface area (Å²) in [4.78, 5) is 24.3. The lowest BCUT2D eigenvalue weighted by Crippen LogP contribution is -2.24. The van der Waals surface area contributed by atoms with Crippen molar-refractivity contribution in [1.29, 1.82) is 0 Å². The zero-order valence-electron chi connectivity index (χ0n) is 16.4. The number of nitrogens with one attached hydrogen (secondary N) is 1. The average Bonchev–Trinajstić information content (AvgIpc) is 2.67. The van der Waals surface area contributed by atoms with E-state index in [9.17, 15) is 26.8 Å². The number of carbonyl (C=O) groups excluding carboxylic acids is 2. The molecule has 0 heterocycles. The summed E-state index contributed by atoms with van der Waals surface area (Å²) in [6, 6.07) is 9.43. The van der Waals surface area contributed by atoms with Crippen molar-refractivity contribution in [3.63, 3.8) is 0 Å². The molecule has 2 aromatic carbocycles. The summed E-state index contributed by atoms with van der Waals surface area (Å²) in [6.45, 7) is -2.19. The monoisotopic (exact) mass is 442 g/mol. The SMILES string of the molecule is Cc1ccc(S(=O)(=O)N(C)C)cc1NC(=O)COC(=O)c1ccccc1OC(F)F. The minimum absolute atomic E-state index is 0.0246. The molecular formula is C19H20F2N2O6S. The molecule has 1 N–H and O–H groups in total. The minimum Gasteiger partial charge on any atom is -0.452 e. The number of esters is 1. The van der Waals surface area contributed by atoms with E-state index in [-0.39, 0.29) is 21.9 Å². The molecule has 0 saturated carbocycles. The highest BCUT2D eigenvalue weighted by molar-refractivity contribution is 7.89. The smallest absolute Gasteiger partial charge is 0.387 e. The van der Waals surface area contributed by atoms with Gasteiger partial charge >= 0.3 is 12.6 Å². The van der Waals surface area contributed by atoms with E-state index >= 15 is 0 Å². The number of para-hydroxylation sites is 1. The van der Waals surface area contributed by atoms with Crippen LogP contribution in [-0.2, 0) is 19.6 Å². The zero-order valence-corrected chi connectivity index (χ0v) is 17.2. The van der Waals surface area contributed by atoms with Crippen LogP contribution in [0.1, 0.15) is 15.9 Å². The average molecular weight is 442 g/mol. The number of hydrogen-bond acceptors (Lipinski definition) is 6. The summed E-state index contributed by atoms with van der Waals surface area (Å²) in [7, 11) is -0.952. The number of sulfonamides is 1. The highest BCUT2D eigenvalue weighted by Gasteiger charge is 2.20. The fourth-order valence-corrected chi connectivity index (χ4v) is 3.26. The van der Waals surface area contributed by atoms with Gasteiger partial charge < -0.3 is 14.8 Å². The first-order chi connectivity index (χ1) is 14.0. The summed E-state index contributed by atoms with van der Waals surface area (Å²) >= 11 is 0. The van der Waals surface area contributed by atoms with Crippen LogP contribution in [-0.4, -0.2) is 51.9 Å². The van der Waals surface area contributed by atoms with Gasteiger partial charge in [0, 0.05) is 19.8 Å². The Morgan fingerprint density at radius 3 is 2.43 bits per heavy atom. The van der Waals surface area contributed by atoms with Crippen LogP contribution >= 0.6 is 0 Å². The third-order valence-electron chi connectivity index (χ3n) is 3.92. The molecule has 162 valence electrons. The van der Waals surface area contributed by atoms with Crippen LogP contribution in [0, 0.1) is 6.92 Å². The maximum Gasteiger partial charge on any atom is 0.387 e. The largest absolute Gasteiger partial charge is 0.452 e. The lowest BCUT2D eigenvalue weighted by molar-refractivity contribution is -0.119. The second-order valence-electron chi connectivity index (χ2n) is 6.26. The highest BCUT2D eigenvalue weighted by atomic mass is 32.2. The summed E-state index contributed by atoms with van der Waals surface area (Å²) in [6.07, 6.45) is 0. The number of ether oxygens (including phenoxy) is 2. The van der Waals surface area contributed by atoms with Gasteiger partial charge in [-0.3, -0.25) is 4.79 Å². The molecule has 0 saturated heterocycles. The number of carbonyl (C=O) groups is 2. The maximum absolute atomic E-state index is 12.4. The van der Waals surface area contributed by atoms with Gasteiger partial charge in [0.05, 0.1) is 4.90 Å². The van der Waals surface area contributed by atoms with Crippen molar-refractivity contribution >= 4 is 27.6 Å². The topological polar surface area (TPSA) is 102 Å². The summed E-state index contributed by atoms with van der Waals surface area (Å²) < 4.78 is 59.5. The molecule has 30 heavy (non-hydrogen) atoms. The lowest BCUT2D eigenvalue weighted by atomic mass is 10.2. The van der Waals surface area contributed by atoms with Crippen LogP contribution in [0.25, 0.3) is 0 Å². The van der Waals surface area contributed by atoms with Crippen LogP contribution in [0.3, 0.4) is 0 Å². The third-order valence-corrected chi connectivity index (χ3v) is 5.73. The molecule has 0 radical (unpaired) electrons. The number of benzene rings is 2. The van der Waals surface area contributed by atoms with Gasteiger partial charge in [0.25, 0.3) is 5.91 Å². The van der Waals surface area contributed by atoms with E-state index in [0.717, 1.165) is 4.31 Å². The van der Waals surface area contributed by atoms with E-state index < -0.39 is 35.1 Å². The van der Waals surface area contributed by atoms with Crippen molar-refractivity contribution in [3.8, 4) is 5.75 Å². The van der Waals surface area contributed by atoms with Gasteiger partial charge in [-0.1, -0.05) is 18.2 Å². The molecule has 1 amide bonds. The Morgan fingerprint density at radius 1 is 1.13 bits per heavy atom. The molecule has 2 rings (SSSR count). The highest BCUT2D eigenvalue weighted by Crippen LogP contribution is 2.23. The first kappa shape index (κ1) is 23.2. The van der Waals surface area contributed by atoms with Crippen LogP contribution in [0.4, 0.5) is 14.5 Å². The summed E-state index contributed by atoms with van der Waals surface area (Å²) in [5, 5.41) is 2.46. The van der Waals surface area contributed by atoms with E-state index in [0.29, 0.717) is 5.56 Å². The molecule has 0 aliphatic heterocycles. The fourth-order valence-electron chi connectivity index (χ4n) is 2.34. The van der Waals surface area contributed by atoms with E-state index in [2.05, 4.69) is 10.1 Å². The molecular weight excluding hydrogens is 422 g/mol. The van der Waals surface area contributed by atoms with Crippen molar-refractivity contribution in [3.05, 3.63) is 53.6 Å². The number of anilines is 1. The normalized spacial score (nSPS) is 11.4. The molecule has 0 spiro atoms. The Bertz CT molecular complexity index is 1040. The van der Waals surface area contributed by atoms with Crippen molar-refractivity contribution < 1.29 is 36.3 Å². The Hall–Kier alpha value is -3.05. The Morgan fingerprint density at radius 2 is 1.80 bits per heavy atom. The number of nitrogens with zero attached hydrogens (tertiary/aromatic N) is 1.